The van der Waals surface area contributed by atoms with Crippen molar-refractivity contribution in [1.82, 2.24) is 0 Å². The van der Waals surface area contributed by atoms with Gasteiger partial charge in [0.1, 0.15) is 0 Å². The number of aliphatic carboxylic acids is 1. The van der Waals surface area contributed by atoms with Crippen LogP contribution >= 0.6 is 0 Å². The van der Waals surface area contributed by atoms with Crippen LogP contribution in [0.5, 0.6) is 0 Å². The average Bonchev–Trinajstić information content (AvgIpc) is 2.32. The Labute approximate surface area is 104 Å². The van der Waals surface area contributed by atoms with Crippen molar-refractivity contribution in [2.45, 2.75) is 51.9 Å². The van der Waals surface area contributed by atoms with Crippen LogP contribution in [0.3, 0.4) is 0 Å². The maximum absolute atomic E-state index is 10.5. The molecule has 0 amide bonds. The molecule has 0 bridgehead atoms. The van der Waals surface area contributed by atoms with Crippen LogP contribution in [0.15, 0.2) is 24.3 Å². The first kappa shape index (κ1) is 13.8. The number of carboxylic acid groups (broad SMARTS) is 1. The highest BCUT2D eigenvalue weighted by Gasteiger charge is 2.11. The van der Waals surface area contributed by atoms with Crippen LogP contribution in [0.2, 0.25) is 0 Å². The second kappa shape index (κ2) is 7.10. The summed E-state index contributed by atoms with van der Waals surface area (Å²) in [5, 5.41) is 8.66. The molecule has 1 rings (SSSR count). The molecule has 94 valence electrons. The van der Waals surface area contributed by atoms with Crippen LogP contribution in [0.4, 0.5) is 0 Å². The quantitative estimate of drug-likeness (QED) is 0.774. The first-order valence-electron chi connectivity index (χ1n) is 6.48. The van der Waals surface area contributed by atoms with Gasteiger partial charge >= 0.3 is 5.97 Å². The molecule has 0 radical (unpaired) electrons. The van der Waals surface area contributed by atoms with Crippen LogP contribution in [0, 0.1) is 0 Å². The van der Waals surface area contributed by atoms with Gasteiger partial charge in [-0.2, -0.15) is 0 Å². The minimum Gasteiger partial charge on any atom is -0.481 e. The second-order valence-electron chi connectivity index (χ2n) is 4.46. The van der Waals surface area contributed by atoms with Gasteiger partial charge in [-0.25, -0.2) is 0 Å². The molecule has 2 heteroatoms. The predicted molar refractivity (Wildman–Crippen MR) is 70.3 cm³/mol. The van der Waals surface area contributed by atoms with Gasteiger partial charge in [0.05, 0.1) is 0 Å². The smallest absolute Gasteiger partial charge is 0.303 e. The molecule has 0 saturated carbocycles. The van der Waals surface area contributed by atoms with Gasteiger partial charge in [0, 0.05) is 6.42 Å². The third-order valence-electron chi connectivity index (χ3n) is 3.32. The third kappa shape index (κ3) is 4.22. The van der Waals surface area contributed by atoms with Gasteiger partial charge < -0.3 is 5.11 Å². The van der Waals surface area contributed by atoms with E-state index in [-0.39, 0.29) is 6.42 Å². The molecule has 0 heterocycles. The van der Waals surface area contributed by atoms with Gasteiger partial charge in [0.15, 0.2) is 0 Å². The van der Waals surface area contributed by atoms with Crippen LogP contribution < -0.4 is 0 Å². The van der Waals surface area contributed by atoms with Crippen molar-refractivity contribution in [3.63, 3.8) is 0 Å². The summed E-state index contributed by atoms with van der Waals surface area (Å²) in [5.41, 5.74) is 2.73. The molecule has 0 aliphatic carbocycles. The van der Waals surface area contributed by atoms with Gasteiger partial charge in [-0.05, 0) is 42.7 Å². The highest BCUT2D eigenvalue weighted by atomic mass is 16.4. The van der Waals surface area contributed by atoms with Crippen molar-refractivity contribution < 1.29 is 9.90 Å². The van der Waals surface area contributed by atoms with Crippen molar-refractivity contribution in [3.8, 4) is 0 Å². The van der Waals surface area contributed by atoms with Crippen LogP contribution in [-0.2, 0) is 11.2 Å². The number of hydrogen-bond acceptors (Lipinski definition) is 1. The van der Waals surface area contributed by atoms with Gasteiger partial charge in [-0.1, -0.05) is 38.1 Å². The lowest BCUT2D eigenvalue weighted by molar-refractivity contribution is -0.137. The Balaban J connectivity index is 2.73. The minimum absolute atomic E-state index is 0.261. The number of carbonyl (C=O) groups is 1. The van der Waals surface area contributed by atoms with E-state index in [0.717, 1.165) is 25.7 Å². The van der Waals surface area contributed by atoms with E-state index < -0.39 is 5.97 Å². The lowest BCUT2D eigenvalue weighted by Gasteiger charge is -2.17. The summed E-state index contributed by atoms with van der Waals surface area (Å²) in [7, 11) is 0. The van der Waals surface area contributed by atoms with E-state index >= 15 is 0 Å². The zero-order valence-corrected chi connectivity index (χ0v) is 10.8. The fourth-order valence-electron chi connectivity index (χ4n) is 2.32. The Morgan fingerprint density at radius 1 is 1.24 bits per heavy atom. The lowest BCUT2D eigenvalue weighted by atomic mass is 9.88. The summed E-state index contributed by atoms with van der Waals surface area (Å²) >= 11 is 0. The molecule has 0 fully saturated rings. The number of benzene rings is 1. The van der Waals surface area contributed by atoms with Gasteiger partial charge in [0.2, 0.25) is 0 Å². The molecule has 0 saturated heterocycles. The van der Waals surface area contributed by atoms with Crippen molar-refractivity contribution in [1.29, 1.82) is 0 Å². The first-order valence-corrected chi connectivity index (χ1v) is 6.48. The van der Waals surface area contributed by atoms with E-state index in [9.17, 15) is 4.79 Å². The average molecular weight is 234 g/mol. The molecule has 0 unspecified atom stereocenters. The molecule has 1 N–H and O–H groups in total. The monoisotopic (exact) mass is 234 g/mol. The third-order valence-corrected chi connectivity index (χ3v) is 3.32. The number of hydrogen-bond donors (Lipinski definition) is 1. The maximum atomic E-state index is 10.5. The predicted octanol–water partition coefficient (Wildman–Crippen LogP) is 4.00. The fourth-order valence-corrected chi connectivity index (χ4v) is 2.32. The van der Waals surface area contributed by atoms with E-state index in [1.165, 1.54) is 11.1 Å². The Morgan fingerprint density at radius 2 is 1.88 bits per heavy atom. The summed E-state index contributed by atoms with van der Waals surface area (Å²) in [6.07, 6.45) is 4.15. The van der Waals surface area contributed by atoms with E-state index in [2.05, 4.69) is 32.0 Å². The van der Waals surface area contributed by atoms with E-state index in [4.69, 9.17) is 5.11 Å². The van der Waals surface area contributed by atoms with E-state index in [1.807, 2.05) is 6.07 Å². The summed E-state index contributed by atoms with van der Waals surface area (Å²) < 4.78 is 0. The van der Waals surface area contributed by atoms with Crippen LogP contribution in [0.1, 0.15) is 56.6 Å². The normalized spacial score (nSPS) is 10.8. The van der Waals surface area contributed by atoms with Crippen molar-refractivity contribution >= 4 is 5.97 Å². The zero-order chi connectivity index (χ0) is 12.7. The fraction of sp³-hybridized carbons (Fsp3) is 0.533. The lowest BCUT2D eigenvalue weighted by Crippen LogP contribution is -2.02. The highest BCUT2D eigenvalue weighted by Crippen LogP contribution is 2.27. The summed E-state index contributed by atoms with van der Waals surface area (Å²) in [6.45, 7) is 4.42. The molecule has 0 atom stereocenters. The Kier molecular flexibility index (Phi) is 5.75. The standard InChI is InChI=1S/C15H22O2/c1-3-12(4-2)14-10-6-5-8-13(14)9-7-11-15(16)17/h5-6,8,10,12H,3-4,7,9,11H2,1-2H3,(H,16,17). The maximum Gasteiger partial charge on any atom is 0.303 e. The molecular weight excluding hydrogens is 212 g/mol. The molecule has 0 spiro atoms. The first-order chi connectivity index (χ1) is 8.19. The van der Waals surface area contributed by atoms with Crippen molar-refractivity contribution in [2.24, 2.45) is 0 Å². The molecule has 0 aliphatic heterocycles. The van der Waals surface area contributed by atoms with E-state index in [0.29, 0.717) is 5.92 Å². The van der Waals surface area contributed by atoms with Crippen molar-refractivity contribution in [2.75, 3.05) is 0 Å². The summed E-state index contributed by atoms with van der Waals surface area (Å²) in [5.74, 6) is -0.0963. The molecule has 1 aromatic rings. The zero-order valence-electron chi connectivity index (χ0n) is 10.8. The highest BCUT2D eigenvalue weighted by molar-refractivity contribution is 5.66. The minimum atomic E-state index is -0.704. The Morgan fingerprint density at radius 3 is 2.47 bits per heavy atom. The largest absolute Gasteiger partial charge is 0.481 e. The SMILES string of the molecule is CCC(CC)c1ccccc1CCCC(=O)O. The molecule has 0 aromatic heterocycles. The summed E-state index contributed by atoms with van der Waals surface area (Å²) in [4.78, 5) is 10.5. The van der Waals surface area contributed by atoms with Crippen LogP contribution in [0.25, 0.3) is 0 Å². The summed E-state index contributed by atoms with van der Waals surface area (Å²) in [6, 6.07) is 8.44. The topological polar surface area (TPSA) is 37.3 Å². The van der Waals surface area contributed by atoms with Crippen LogP contribution in [-0.4, -0.2) is 11.1 Å². The number of aryl methyl sites for hydroxylation is 1. The van der Waals surface area contributed by atoms with Gasteiger partial charge in [-0.3, -0.25) is 4.79 Å². The molecule has 0 aliphatic rings. The molecule has 1 aromatic carbocycles. The molecule has 2 nitrogen and oxygen atoms in total. The molecular formula is C15H22O2. The van der Waals surface area contributed by atoms with Gasteiger partial charge in [0.25, 0.3) is 0 Å². The van der Waals surface area contributed by atoms with Crippen molar-refractivity contribution in [3.05, 3.63) is 35.4 Å². The van der Waals surface area contributed by atoms with E-state index in [1.54, 1.807) is 0 Å². The van der Waals surface area contributed by atoms with Gasteiger partial charge in [-0.15, -0.1) is 0 Å². The second-order valence-corrected chi connectivity index (χ2v) is 4.46. The Bertz CT molecular complexity index is 354. The number of carboxylic acids is 1. The number of rotatable bonds is 7. The Hall–Kier alpha value is -1.31. The molecule has 17 heavy (non-hydrogen) atoms.